The van der Waals surface area contributed by atoms with Crippen LogP contribution >= 0.6 is 0 Å². The first kappa shape index (κ1) is 38.5. The van der Waals surface area contributed by atoms with E-state index in [0.29, 0.717) is 5.75 Å². The summed E-state index contributed by atoms with van der Waals surface area (Å²) in [5, 5.41) is 2.31. The monoisotopic (exact) mass is 818 g/mol. The zero-order chi connectivity index (χ0) is 43.0. The van der Waals surface area contributed by atoms with Gasteiger partial charge in [0.25, 0.3) is 0 Å². The molecule has 5 heterocycles. The molecule has 7 nitrogen and oxygen atoms in total. The number of rotatable bonds is 6. The summed E-state index contributed by atoms with van der Waals surface area (Å²) in [6.45, 7) is 13.2. The third kappa shape index (κ3) is 6.47. The summed E-state index contributed by atoms with van der Waals surface area (Å²) in [4.78, 5) is 20.3. The van der Waals surface area contributed by atoms with Gasteiger partial charge in [0.05, 0.1) is 22.4 Å². The maximum atomic E-state index is 6.94. The van der Waals surface area contributed by atoms with Crippen molar-refractivity contribution in [1.82, 2.24) is 14.5 Å². The number of pyridine rings is 2. The Labute approximate surface area is 369 Å². The molecule has 0 unspecified atom stereocenters. The van der Waals surface area contributed by atoms with E-state index in [-0.39, 0.29) is 17.7 Å². The van der Waals surface area contributed by atoms with Crippen LogP contribution in [0.4, 0.5) is 22.9 Å². The molecule has 0 radical (unpaired) electrons. The molecule has 0 N–H and O–H groups in total. The van der Waals surface area contributed by atoms with Crippen LogP contribution in [0, 0.1) is 0 Å². The highest BCUT2D eigenvalue weighted by Gasteiger charge is 2.45. The van der Waals surface area contributed by atoms with Crippen LogP contribution in [0.2, 0.25) is 0 Å². The van der Waals surface area contributed by atoms with Gasteiger partial charge in [0.1, 0.15) is 17.3 Å². The van der Waals surface area contributed by atoms with Gasteiger partial charge in [-0.3, -0.25) is 19.3 Å². The van der Waals surface area contributed by atoms with Crippen LogP contribution in [0.3, 0.4) is 0 Å². The zero-order valence-corrected chi connectivity index (χ0v) is 36.4. The van der Waals surface area contributed by atoms with E-state index in [2.05, 4.69) is 220 Å². The Kier molecular flexibility index (Phi) is 8.91. The first-order valence-electron chi connectivity index (χ1n) is 21.7. The third-order valence-electron chi connectivity index (χ3n) is 12.4. The van der Waals surface area contributed by atoms with Gasteiger partial charge in [-0.05, 0) is 98.6 Å². The summed E-state index contributed by atoms with van der Waals surface area (Å²) >= 11 is 0. The average Bonchev–Trinajstić information content (AvgIpc) is 3.81. The summed E-state index contributed by atoms with van der Waals surface area (Å²) in [6, 6.07) is 57.6. The van der Waals surface area contributed by atoms with Crippen LogP contribution in [0.15, 0.2) is 181 Å². The number of guanidine groups is 1. The third-order valence-corrected chi connectivity index (χ3v) is 12.4. The fourth-order valence-electron chi connectivity index (χ4n) is 9.34. The van der Waals surface area contributed by atoms with Crippen LogP contribution < -0.4 is 25.5 Å². The van der Waals surface area contributed by atoms with Crippen LogP contribution in [0.5, 0.6) is 11.5 Å². The van der Waals surface area contributed by atoms with Crippen molar-refractivity contribution in [1.29, 1.82) is 0 Å². The van der Waals surface area contributed by atoms with Crippen LogP contribution in [-0.2, 0) is 10.8 Å². The SMILES string of the molecule is CC(C)(C)c1ccnc(-n2c3ccccc3c3ccc(Oc4ccc5c(c4)N4C(=NB5c5ccccc5-c5ccccc5)N(c5ccccc5)c5c(C(C)(C)C)ccnc54)cc32)c1. The molecule has 0 spiro atoms. The molecule has 3 aromatic heterocycles. The Morgan fingerprint density at radius 3 is 2.02 bits per heavy atom. The van der Waals surface area contributed by atoms with Gasteiger partial charge in [-0.2, -0.15) is 0 Å². The van der Waals surface area contributed by atoms with Gasteiger partial charge in [0, 0.05) is 41.0 Å². The van der Waals surface area contributed by atoms with Gasteiger partial charge in [0.15, 0.2) is 5.82 Å². The summed E-state index contributed by atoms with van der Waals surface area (Å²) in [6.07, 6.45) is 3.85. The highest BCUT2D eigenvalue weighted by Crippen LogP contribution is 2.50. The summed E-state index contributed by atoms with van der Waals surface area (Å²) < 4.78 is 9.20. The molecule has 63 heavy (non-hydrogen) atoms. The van der Waals surface area contributed by atoms with Crippen molar-refractivity contribution < 1.29 is 4.74 Å². The van der Waals surface area contributed by atoms with Crippen molar-refractivity contribution >= 4 is 68.4 Å². The molecule has 0 aliphatic carbocycles. The lowest BCUT2D eigenvalue weighted by Gasteiger charge is -2.32. The molecular formula is C55H47BN6O. The largest absolute Gasteiger partial charge is 0.457 e. The number of aromatic nitrogens is 3. The Morgan fingerprint density at radius 1 is 0.540 bits per heavy atom. The first-order chi connectivity index (χ1) is 30.5. The number of benzene rings is 6. The first-order valence-corrected chi connectivity index (χ1v) is 21.7. The molecule has 0 fully saturated rings. The molecule has 2 aliphatic heterocycles. The van der Waals surface area contributed by atoms with Crippen LogP contribution in [0.25, 0.3) is 38.8 Å². The smallest absolute Gasteiger partial charge is 0.351 e. The Bertz CT molecular complexity index is 3250. The van der Waals surface area contributed by atoms with E-state index in [1.165, 1.54) is 16.5 Å². The number of fused-ring (bicyclic) bond motifs is 8. The van der Waals surface area contributed by atoms with Gasteiger partial charge in [0.2, 0.25) is 5.96 Å². The molecule has 0 bridgehead atoms. The summed E-state index contributed by atoms with van der Waals surface area (Å²) in [7, 11) is 0. The van der Waals surface area contributed by atoms with E-state index in [9.17, 15) is 0 Å². The lowest BCUT2D eigenvalue weighted by Crippen LogP contribution is -2.52. The minimum atomic E-state index is -0.321. The second-order valence-electron chi connectivity index (χ2n) is 18.6. The van der Waals surface area contributed by atoms with Crippen molar-refractivity contribution in [3.63, 3.8) is 0 Å². The second kappa shape index (κ2) is 14.6. The lowest BCUT2D eigenvalue weighted by atomic mass is 9.49. The van der Waals surface area contributed by atoms with Gasteiger partial charge in [-0.1, -0.05) is 139 Å². The summed E-state index contributed by atoms with van der Waals surface area (Å²) in [5.74, 6) is 3.97. The minimum absolute atomic E-state index is 0.0256. The predicted molar refractivity (Wildman–Crippen MR) is 262 cm³/mol. The van der Waals surface area contributed by atoms with Crippen molar-refractivity contribution in [2.75, 3.05) is 9.80 Å². The number of nitrogens with zero attached hydrogens (tertiary/aromatic N) is 6. The topological polar surface area (TPSA) is 58.8 Å². The quantitative estimate of drug-likeness (QED) is 0.156. The number of ether oxygens (including phenoxy) is 1. The number of para-hydroxylation sites is 2. The molecule has 8 heteroatoms. The molecule has 0 amide bonds. The Hall–Kier alpha value is -7.45. The number of anilines is 4. The minimum Gasteiger partial charge on any atom is -0.457 e. The molecule has 0 saturated carbocycles. The standard InChI is InChI=1S/C55H47BN6O/c1-54(2,3)37-29-31-57-50(33-37)61-47-24-16-14-22-42(47)43-27-25-39(34-48(43)61)63-40-26-28-46-49(35-40)62-52-51(44(30-32-58-52)55(4,5)6)60(38-19-11-8-12-20-38)53(62)59-56(46)45-23-15-13-21-41(45)36-17-9-7-10-18-36/h7-35H,1-6H3. The second-order valence-corrected chi connectivity index (χ2v) is 18.6. The lowest BCUT2D eigenvalue weighted by molar-refractivity contribution is 0.483. The van der Waals surface area contributed by atoms with Crippen molar-refractivity contribution in [3.05, 3.63) is 187 Å². The molecule has 9 aromatic rings. The van der Waals surface area contributed by atoms with Crippen molar-refractivity contribution in [2.24, 2.45) is 4.90 Å². The van der Waals surface area contributed by atoms with Crippen molar-refractivity contribution in [3.8, 4) is 28.4 Å². The Morgan fingerprint density at radius 2 is 1.22 bits per heavy atom. The molecule has 0 atom stereocenters. The van der Waals surface area contributed by atoms with E-state index in [4.69, 9.17) is 19.6 Å². The Balaban J connectivity index is 1.10. The fourth-order valence-corrected chi connectivity index (χ4v) is 9.34. The number of hydrogen-bond acceptors (Lipinski definition) is 6. The molecule has 2 aliphatic rings. The van der Waals surface area contributed by atoms with E-state index in [0.717, 1.165) is 78.9 Å². The van der Waals surface area contributed by atoms with Crippen LogP contribution in [0.1, 0.15) is 52.7 Å². The van der Waals surface area contributed by atoms with Gasteiger partial charge >= 0.3 is 6.85 Å². The zero-order valence-electron chi connectivity index (χ0n) is 36.4. The fraction of sp³-hybridized carbons (Fsp3) is 0.145. The highest BCUT2D eigenvalue weighted by atomic mass is 16.5. The van der Waals surface area contributed by atoms with Crippen molar-refractivity contribution in [2.45, 2.75) is 52.4 Å². The van der Waals surface area contributed by atoms with Gasteiger partial charge in [-0.25, -0.2) is 9.97 Å². The maximum absolute atomic E-state index is 6.94. The van der Waals surface area contributed by atoms with Crippen LogP contribution in [-0.4, -0.2) is 27.3 Å². The average molecular weight is 819 g/mol. The van der Waals surface area contributed by atoms with E-state index < -0.39 is 0 Å². The molecule has 11 rings (SSSR count). The normalized spacial score (nSPS) is 13.6. The maximum Gasteiger partial charge on any atom is 0.351 e. The van der Waals surface area contributed by atoms with E-state index in [1.807, 2.05) is 12.4 Å². The molecule has 6 aromatic carbocycles. The molecular weight excluding hydrogens is 771 g/mol. The van der Waals surface area contributed by atoms with E-state index in [1.54, 1.807) is 0 Å². The summed E-state index contributed by atoms with van der Waals surface area (Å²) in [5.41, 5.74) is 11.9. The van der Waals surface area contributed by atoms with E-state index >= 15 is 0 Å². The number of hydrogen-bond donors (Lipinski definition) is 0. The molecule has 0 saturated heterocycles. The van der Waals surface area contributed by atoms with Gasteiger partial charge < -0.3 is 4.74 Å². The predicted octanol–water partition coefficient (Wildman–Crippen LogP) is 12.4. The molecule has 306 valence electrons. The van der Waals surface area contributed by atoms with Gasteiger partial charge in [-0.15, -0.1) is 0 Å². The highest BCUT2D eigenvalue weighted by molar-refractivity contribution is 6.88.